The topological polar surface area (TPSA) is 119 Å². The third kappa shape index (κ3) is 5.34. The van der Waals surface area contributed by atoms with E-state index in [1.54, 1.807) is 14.0 Å². The van der Waals surface area contributed by atoms with Gasteiger partial charge in [-0.2, -0.15) is 0 Å². The standard InChI is InChI=1S/C13H17ClN4O4.ClH/c1-8(6-15)17(2)11(19)7-16-13(20)12-9(14)4-3-5-10(12)18(21)22;/h3-5,8H,6-7,15H2,1-2H3,(H,16,20);1H. The number of amides is 2. The molecule has 2 amide bonds. The van der Waals surface area contributed by atoms with Gasteiger partial charge < -0.3 is 16.0 Å². The summed E-state index contributed by atoms with van der Waals surface area (Å²) in [6.07, 6.45) is 0. The Kier molecular flexibility index (Phi) is 8.52. The first-order valence-electron chi connectivity index (χ1n) is 6.46. The minimum absolute atomic E-state index is 0. The molecule has 0 bridgehead atoms. The predicted molar refractivity (Wildman–Crippen MR) is 89.0 cm³/mol. The van der Waals surface area contributed by atoms with Crippen LogP contribution in [0.4, 0.5) is 5.69 Å². The smallest absolute Gasteiger partial charge is 0.283 e. The van der Waals surface area contributed by atoms with Crippen LogP contribution in [-0.2, 0) is 4.79 Å². The molecule has 0 radical (unpaired) electrons. The minimum Gasteiger partial charge on any atom is -0.343 e. The molecule has 0 fully saturated rings. The zero-order valence-corrected chi connectivity index (χ0v) is 14.2. The van der Waals surface area contributed by atoms with Crippen LogP contribution < -0.4 is 11.1 Å². The second-order valence-electron chi connectivity index (χ2n) is 4.66. The molecule has 0 aliphatic carbocycles. The van der Waals surface area contributed by atoms with E-state index in [4.69, 9.17) is 17.3 Å². The summed E-state index contributed by atoms with van der Waals surface area (Å²) in [5, 5.41) is 13.2. The van der Waals surface area contributed by atoms with E-state index in [0.29, 0.717) is 0 Å². The molecule has 1 rings (SSSR count). The molecule has 3 N–H and O–H groups in total. The minimum atomic E-state index is -0.778. The lowest BCUT2D eigenvalue weighted by Crippen LogP contribution is -2.44. The molecule has 0 saturated carbocycles. The van der Waals surface area contributed by atoms with Crippen LogP contribution in [0.2, 0.25) is 5.02 Å². The highest BCUT2D eigenvalue weighted by Gasteiger charge is 2.24. The first kappa shape index (κ1) is 21.1. The number of carbonyl (C=O) groups excluding carboxylic acids is 2. The SMILES string of the molecule is CC(CN)N(C)C(=O)CNC(=O)c1c(Cl)cccc1[N+](=O)[O-].Cl. The number of carbonyl (C=O) groups is 2. The zero-order valence-electron chi connectivity index (χ0n) is 12.6. The van der Waals surface area contributed by atoms with Gasteiger partial charge in [0.25, 0.3) is 11.6 Å². The predicted octanol–water partition coefficient (Wildman–Crippen LogP) is 1.21. The van der Waals surface area contributed by atoms with Gasteiger partial charge in [0, 0.05) is 25.7 Å². The summed E-state index contributed by atoms with van der Waals surface area (Å²) in [6, 6.07) is 3.73. The number of hydrogen-bond acceptors (Lipinski definition) is 5. The van der Waals surface area contributed by atoms with Gasteiger partial charge >= 0.3 is 0 Å². The first-order valence-corrected chi connectivity index (χ1v) is 6.84. The number of halogens is 2. The van der Waals surface area contributed by atoms with Gasteiger partial charge in [0.15, 0.2) is 0 Å². The lowest BCUT2D eigenvalue weighted by Gasteiger charge is -2.23. The van der Waals surface area contributed by atoms with E-state index in [9.17, 15) is 19.7 Å². The lowest BCUT2D eigenvalue weighted by molar-refractivity contribution is -0.385. The van der Waals surface area contributed by atoms with Crippen LogP contribution in [0.25, 0.3) is 0 Å². The molecule has 128 valence electrons. The van der Waals surface area contributed by atoms with Crippen molar-refractivity contribution in [3.63, 3.8) is 0 Å². The first-order chi connectivity index (χ1) is 10.3. The maximum absolute atomic E-state index is 12.1. The molecular formula is C13H18Cl2N4O4. The molecule has 0 aliphatic rings. The molecule has 8 nitrogen and oxygen atoms in total. The Morgan fingerprint density at radius 1 is 1.48 bits per heavy atom. The van der Waals surface area contributed by atoms with Crippen molar-refractivity contribution in [2.45, 2.75) is 13.0 Å². The van der Waals surface area contributed by atoms with Crippen LogP contribution in [0.15, 0.2) is 18.2 Å². The highest BCUT2D eigenvalue weighted by Crippen LogP contribution is 2.25. The van der Waals surface area contributed by atoms with E-state index in [-0.39, 0.29) is 48.0 Å². The summed E-state index contributed by atoms with van der Waals surface area (Å²) in [4.78, 5) is 35.6. The van der Waals surface area contributed by atoms with Crippen molar-refractivity contribution in [3.05, 3.63) is 38.9 Å². The molecule has 0 saturated heterocycles. The fraction of sp³-hybridized carbons (Fsp3) is 0.385. The average molecular weight is 365 g/mol. The summed E-state index contributed by atoms with van der Waals surface area (Å²) in [7, 11) is 1.56. The third-order valence-electron chi connectivity index (χ3n) is 3.21. The average Bonchev–Trinajstić information content (AvgIpc) is 2.50. The number of nitro benzene ring substituents is 1. The van der Waals surface area contributed by atoms with Crippen LogP contribution in [0, 0.1) is 10.1 Å². The van der Waals surface area contributed by atoms with E-state index < -0.39 is 16.5 Å². The lowest BCUT2D eigenvalue weighted by atomic mass is 10.1. The second kappa shape index (κ2) is 9.29. The Bertz CT molecular complexity index is 597. The number of nitro groups is 1. The number of rotatable bonds is 6. The summed E-state index contributed by atoms with van der Waals surface area (Å²) in [5.41, 5.74) is 4.77. The van der Waals surface area contributed by atoms with Crippen LogP contribution in [0.1, 0.15) is 17.3 Å². The van der Waals surface area contributed by atoms with Crippen molar-refractivity contribution in [3.8, 4) is 0 Å². The van der Waals surface area contributed by atoms with Crippen LogP contribution in [-0.4, -0.2) is 47.8 Å². The largest absolute Gasteiger partial charge is 0.343 e. The van der Waals surface area contributed by atoms with E-state index in [0.717, 1.165) is 0 Å². The van der Waals surface area contributed by atoms with Crippen LogP contribution in [0.3, 0.4) is 0 Å². The monoisotopic (exact) mass is 364 g/mol. The summed E-state index contributed by atoms with van der Waals surface area (Å²) < 4.78 is 0. The van der Waals surface area contributed by atoms with Crippen molar-refractivity contribution in [1.29, 1.82) is 0 Å². The van der Waals surface area contributed by atoms with E-state index in [1.165, 1.54) is 23.1 Å². The van der Waals surface area contributed by atoms with Gasteiger partial charge in [-0.15, -0.1) is 12.4 Å². The van der Waals surface area contributed by atoms with Crippen molar-refractivity contribution in [2.75, 3.05) is 20.1 Å². The van der Waals surface area contributed by atoms with Crippen molar-refractivity contribution >= 4 is 41.5 Å². The number of likely N-dealkylation sites (N-methyl/N-ethyl adjacent to an activating group) is 1. The number of benzene rings is 1. The Hall–Kier alpha value is -1.90. The molecule has 0 heterocycles. The molecule has 0 aliphatic heterocycles. The Morgan fingerprint density at radius 2 is 2.09 bits per heavy atom. The number of nitrogens with two attached hydrogens (primary N) is 1. The van der Waals surface area contributed by atoms with Gasteiger partial charge in [-0.25, -0.2) is 0 Å². The number of hydrogen-bond donors (Lipinski definition) is 2. The fourth-order valence-corrected chi connectivity index (χ4v) is 1.92. The highest BCUT2D eigenvalue weighted by atomic mass is 35.5. The molecular weight excluding hydrogens is 347 g/mol. The van der Waals surface area contributed by atoms with Gasteiger partial charge in [-0.1, -0.05) is 17.7 Å². The van der Waals surface area contributed by atoms with Crippen LogP contribution in [0.5, 0.6) is 0 Å². The van der Waals surface area contributed by atoms with Crippen molar-refractivity contribution in [2.24, 2.45) is 5.73 Å². The summed E-state index contributed by atoms with van der Waals surface area (Å²) >= 11 is 5.84. The molecule has 1 aromatic carbocycles. The second-order valence-corrected chi connectivity index (χ2v) is 5.07. The van der Waals surface area contributed by atoms with Gasteiger partial charge in [-0.3, -0.25) is 19.7 Å². The maximum atomic E-state index is 12.1. The Balaban J connectivity index is 0.00000484. The summed E-state index contributed by atoms with van der Waals surface area (Å²) in [6.45, 7) is 1.74. The quantitative estimate of drug-likeness (QED) is 0.580. The van der Waals surface area contributed by atoms with Gasteiger partial charge in [0.2, 0.25) is 5.91 Å². The molecule has 1 aromatic rings. The highest BCUT2D eigenvalue weighted by molar-refractivity contribution is 6.34. The van der Waals surface area contributed by atoms with Crippen molar-refractivity contribution in [1.82, 2.24) is 10.2 Å². The van der Waals surface area contributed by atoms with Crippen molar-refractivity contribution < 1.29 is 14.5 Å². The van der Waals surface area contributed by atoms with E-state index in [2.05, 4.69) is 5.32 Å². The normalized spacial score (nSPS) is 11.1. The molecule has 1 atom stereocenters. The maximum Gasteiger partial charge on any atom is 0.283 e. The third-order valence-corrected chi connectivity index (χ3v) is 3.53. The zero-order chi connectivity index (χ0) is 16.9. The summed E-state index contributed by atoms with van der Waals surface area (Å²) in [5.74, 6) is -1.14. The van der Waals surface area contributed by atoms with Gasteiger partial charge in [-0.05, 0) is 13.0 Å². The molecule has 0 spiro atoms. The van der Waals surface area contributed by atoms with E-state index in [1.807, 2.05) is 0 Å². The van der Waals surface area contributed by atoms with Gasteiger partial charge in [0.1, 0.15) is 5.56 Å². The molecule has 10 heteroatoms. The number of nitrogens with zero attached hydrogens (tertiary/aromatic N) is 2. The number of nitrogens with one attached hydrogen (secondary N) is 1. The Labute approximate surface area is 144 Å². The Morgan fingerprint density at radius 3 is 2.61 bits per heavy atom. The van der Waals surface area contributed by atoms with E-state index >= 15 is 0 Å². The molecule has 0 aromatic heterocycles. The molecule has 1 unspecified atom stereocenters. The fourth-order valence-electron chi connectivity index (χ4n) is 1.66. The van der Waals surface area contributed by atoms with Crippen LogP contribution >= 0.6 is 24.0 Å². The van der Waals surface area contributed by atoms with Gasteiger partial charge in [0.05, 0.1) is 16.5 Å². The molecule has 23 heavy (non-hydrogen) atoms.